The predicted molar refractivity (Wildman–Crippen MR) is 100 cm³/mol. The van der Waals surface area contributed by atoms with Crippen molar-refractivity contribution in [3.05, 3.63) is 48.3 Å². The summed E-state index contributed by atoms with van der Waals surface area (Å²) >= 11 is 0. The van der Waals surface area contributed by atoms with Crippen LogP contribution in [0.3, 0.4) is 0 Å². The summed E-state index contributed by atoms with van der Waals surface area (Å²) < 4.78 is 21.1. The first kappa shape index (κ1) is 18.0. The quantitative estimate of drug-likeness (QED) is 0.831. The minimum Gasteiger partial charge on any atom is -0.373 e. The van der Waals surface area contributed by atoms with Crippen LogP contribution in [0, 0.1) is 5.82 Å². The van der Waals surface area contributed by atoms with Crippen LogP contribution in [0.15, 0.2) is 36.7 Å². The van der Waals surface area contributed by atoms with Gasteiger partial charge in [-0.2, -0.15) is 0 Å². The summed E-state index contributed by atoms with van der Waals surface area (Å²) in [5.41, 5.74) is 0.821. The average molecular weight is 372 g/mol. The number of carbonyl (C=O) groups excluding carboxylic acids is 1. The van der Waals surface area contributed by atoms with Gasteiger partial charge in [0.15, 0.2) is 5.82 Å². The number of likely N-dealkylation sites (N-methyl/N-ethyl adjacent to an activating group) is 1. The molecule has 0 unspecified atom stereocenters. The number of likely N-dealkylation sites (tertiary alicyclic amines) is 1. The molecule has 2 aromatic rings. The number of rotatable bonds is 3. The second-order valence-electron chi connectivity index (χ2n) is 7.59. The lowest BCUT2D eigenvalue weighted by Crippen LogP contribution is -2.47. The highest BCUT2D eigenvalue weighted by molar-refractivity contribution is 5.90. The summed E-state index contributed by atoms with van der Waals surface area (Å²) in [5, 5.41) is 0. The van der Waals surface area contributed by atoms with Gasteiger partial charge in [-0.15, -0.1) is 0 Å². The molecule has 6 nitrogen and oxygen atoms in total. The number of imidazole rings is 1. The van der Waals surface area contributed by atoms with Crippen LogP contribution in [-0.2, 0) is 11.8 Å². The van der Waals surface area contributed by atoms with Crippen LogP contribution in [0.4, 0.5) is 10.1 Å². The Morgan fingerprint density at radius 1 is 1.30 bits per heavy atom. The molecule has 2 aliphatic rings. The molecule has 1 aromatic heterocycles. The van der Waals surface area contributed by atoms with Crippen LogP contribution in [0.5, 0.6) is 0 Å². The summed E-state index contributed by atoms with van der Waals surface area (Å²) in [6.45, 7) is 2.01. The van der Waals surface area contributed by atoms with E-state index in [-0.39, 0.29) is 23.4 Å². The number of aromatic nitrogens is 2. The van der Waals surface area contributed by atoms with Gasteiger partial charge in [0.05, 0.1) is 18.2 Å². The minimum atomic E-state index is -0.226. The van der Waals surface area contributed by atoms with Gasteiger partial charge in [0.2, 0.25) is 0 Å². The topological polar surface area (TPSA) is 50.6 Å². The molecule has 0 N–H and O–H groups in total. The summed E-state index contributed by atoms with van der Waals surface area (Å²) in [4.78, 5) is 20.8. The van der Waals surface area contributed by atoms with E-state index in [1.165, 1.54) is 12.1 Å². The molecule has 144 valence electrons. The van der Waals surface area contributed by atoms with Crippen molar-refractivity contribution in [1.29, 1.82) is 0 Å². The molecular formula is C20H25FN4O2. The van der Waals surface area contributed by atoms with E-state index in [4.69, 9.17) is 4.74 Å². The Morgan fingerprint density at radius 3 is 2.63 bits per heavy atom. The van der Waals surface area contributed by atoms with Crippen LogP contribution in [0.2, 0.25) is 0 Å². The number of nitrogens with zero attached hydrogens (tertiary/aromatic N) is 4. The molecule has 7 heteroatoms. The average Bonchev–Trinajstić information content (AvgIpc) is 3.29. The van der Waals surface area contributed by atoms with E-state index in [0.717, 1.165) is 24.9 Å². The fraction of sp³-hybridized carbons (Fsp3) is 0.500. The van der Waals surface area contributed by atoms with Crippen molar-refractivity contribution in [3.8, 4) is 0 Å². The molecular weight excluding hydrogens is 347 g/mol. The number of ether oxygens (including phenoxy) is 1. The number of halogens is 1. The third kappa shape index (κ3) is 3.43. The molecule has 2 aliphatic heterocycles. The van der Waals surface area contributed by atoms with Crippen LogP contribution < -0.4 is 4.90 Å². The molecule has 1 atom stereocenters. The van der Waals surface area contributed by atoms with Crippen molar-refractivity contribution >= 4 is 11.6 Å². The van der Waals surface area contributed by atoms with E-state index in [0.29, 0.717) is 25.5 Å². The van der Waals surface area contributed by atoms with Crippen molar-refractivity contribution in [2.24, 2.45) is 7.05 Å². The van der Waals surface area contributed by atoms with Gasteiger partial charge < -0.3 is 19.1 Å². The van der Waals surface area contributed by atoms with E-state index in [2.05, 4.69) is 9.88 Å². The maximum absolute atomic E-state index is 13.2. The first-order valence-electron chi connectivity index (χ1n) is 9.36. The molecule has 1 aromatic carbocycles. The molecule has 0 saturated carbocycles. The number of benzene rings is 1. The first-order chi connectivity index (χ1) is 13.0. The highest BCUT2D eigenvalue weighted by Crippen LogP contribution is 2.38. The van der Waals surface area contributed by atoms with Gasteiger partial charge in [-0.25, -0.2) is 9.37 Å². The van der Waals surface area contributed by atoms with Crippen LogP contribution in [0.1, 0.15) is 29.9 Å². The Balaban J connectivity index is 1.37. The fourth-order valence-corrected chi connectivity index (χ4v) is 4.13. The number of carbonyl (C=O) groups is 1. The second kappa shape index (κ2) is 6.96. The summed E-state index contributed by atoms with van der Waals surface area (Å²) in [5.74, 6) is 0.235. The number of hydrogen-bond donors (Lipinski definition) is 0. The van der Waals surface area contributed by atoms with Crippen molar-refractivity contribution in [2.75, 3.05) is 31.6 Å². The van der Waals surface area contributed by atoms with Gasteiger partial charge in [0, 0.05) is 45.3 Å². The van der Waals surface area contributed by atoms with Gasteiger partial charge in [-0.05, 0) is 43.5 Å². The van der Waals surface area contributed by atoms with Gasteiger partial charge in [-0.3, -0.25) is 4.79 Å². The van der Waals surface area contributed by atoms with E-state index >= 15 is 0 Å². The maximum atomic E-state index is 13.2. The molecule has 0 aliphatic carbocycles. The van der Waals surface area contributed by atoms with Crippen molar-refractivity contribution in [3.63, 3.8) is 0 Å². The standard InChI is InChI=1S/C20H25FN4O2/c1-23-12-9-22-18(23)19(26)25-10-7-20(8-11-25)13-17(14-27-20)24(2)16-5-3-15(21)4-6-16/h3-6,9,12,17H,7-8,10-11,13-14H2,1-2H3/t17-/m0/s1. The minimum absolute atomic E-state index is 0.0182. The number of anilines is 1. The lowest BCUT2D eigenvalue weighted by atomic mass is 9.87. The Labute approximate surface area is 158 Å². The number of aryl methyl sites for hydroxylation is 1. The molecule has 0 radical (unpaired) electrons. The monoisotopic (exact) mass is 372 g/mol. The largest absolute Gasteiger partial charge is 0.373 e. The third-order valence-electron chi connectivity index (χ3n) is 5.95. The zero-order chi connectivity index (χ0) is 19.0. The Morgan fingerprint density at radius 2 is 2.00 bits per heavy atom. The highest BCUT2D eigenvalue weighted by Gasteiger charge is 2.44. The zero-order valence-corrected chi connectivity index (χ0v) is 15.8. The smallest absolute Gasteiger partial charge is 0.289 e. The summed E-state index contributed by atoms with van der Waals surface area (Å²) in [6.07, 6.45) is 6.02. The lowest BCUT2D eigenvalue weighted by molar-refractivity contribution is -0.0390. The molecule has 1 spiro atoms. The zero-order valence-electron chi connectivity index (χ0n) is 15.8. The lowest BCUT2D eigenvalue weighted by Gasteiger charge is -2.38. The van der Waals surface area contributed by atoms with E-state index in [9.17, 15) is 9.18 Å². The molecule has 3 heterocycles. The van der Waals surface area contributed by atoms with Gasteiger partial charge >= 0.3 is 0 Å². The van der Waals surface area contributed by atoms with E-state index in [1.54, 1.807) is 29.1 Å². The first-order valence-corrected chi connectivity index (χ1v) is 9.36. The highest BCUT2D eigenvalue weighted by atomic mass is 19.1. The molecule has 2 saturated heterocycles. The van der Waals surface area contributed by atoms with E-state index < -0.39 is 0 Å². The Kier molecular flexibility index (Phi) is 4.63. The molecule has 27 heavy (non-hydrogen) atoms. The van der Waals surface area contributed by atoms with Crippen LogP contribution in [-0.4, -0.2) is 58.7 Å². The fourth-order valence-electron chi connectivity index (χ4n) is 4.13. The van der Waals surface area contributed by atoms with Crippen molar-refractivity contribution < 1.29 is 13.9 Å². The second-order valence-corrected chi connectivity index (χ2v) is 7.59. The number of amides is 1. The third-order valence-corrected chi connectivity index (χ3v) is 5.95. The molecule has 4 rings (SSSR count). The van der Waals surface area contributed by atoms with Crippen molar-refractivity contribution in [1.82, 2.24) is 14.5 Å². The maximum Gasteiger partial charge on any atom is 0.289 e. The SMILES string of the molecule is CN(c1ccc(F)cc1)[C@@H]1COC2(CCN(C(=O)c3nccn3C)CC2)C1. The molecule has 0 bridgehead atoms. The molecule has 1 amide bonds. The number of hydrogen-bond acceptors (Lipinski definition) is 4. The van der Waals surface area contributed by atoms with Gasteiger partial charge in [0.1, 0.15) is 5.82 Å². The van der Waals surface area contributed by atoms with Gasteiger partial charge in [-0.1, -0.05) is 0 Å². The van der Waals surface area contributed by atoms with Crippen molar-refractivity contribution in [2.45, 2.75) is 30.9 Å². The normalized spacial score (nSPS) is 21.6. The van der Waals surface area contributed by atoms with Gasteiger partial charge in [0.25, 0.3) is 5.91 Å². The van der Waals surface area contributed by atoms with Crippen LogP contribution >= 0.6 is 0 Å². The number of piperidine rings is 1. The predicted octanol–water partition coefficient (Wildman–Crippen LogP) is 2.46. The Hall–Kier alpha value is -2.41. The van der Waals surface area contributed by atoms with E-state index in [1.807, 2.05) is 19.0 Å². The summed E-state index contributed by atoms with van der Waals surface area (Å²) in [6, 6.07) is 6.83. The molecule has 2 fully saturated rings. The van der Waals surface area contributed by atoms with Crippen LogP contribution in [0.25, 0.3) is 0 Å². The summed E-state index contributed by atoms with van der Waals surface area (Å²) in [7, 11) is 3.86. The Bertz CT molecular complexity index is 812.